The highest BCUT2D eigenvalue weighted by molar-refractivity contribution is 5.99. The molecule has 5 heteroatoms. The van der Waals surface area contributed by atoms with Gasteiger partial charge in [-0.25, -0.2) is 4.79 Å². The molecule has 0 atom stereocenters. The molecule has 0 saturated heterocycles. The maximum atomic E-state index is 10.9. The molecule has 0 bridgehead atoms. The van der Waals surface area contributed by atoms with Crippen LogP contribution in [-0.4, -0.2) is 17.9 Å². The number of hydrogen-bond acceptors (Lipinski definition) is 3. The van der Waals surface area contributed by atoms with Crippen molar-refractivity contribution in [3.05, 3.63) is 34.3 Å². The number of benzene rings is 1. The summed E-state index contributed by atoms with van der Waals surface area (Å²) in [6.45, 7) is 0. The Labute approximate surface area is 79.3 Å². The van der Waals surface area contributed by atoms with Crippen LogP contribution in [0.2, 0.25) is 0 Å². The molecule has 0 spiro atoms. The van der Waals surface area contributed by atoms with Gasteiger partial charge in [0.2, 0.25) is 0 Å². The van der Waals surface area contributed by atoms with Gasteiger partial charge >= 0.3 is 5.76 Å². The van der Waals surface area contributed by atoms with Crippen LogP contribution >= 0.6 is 0 Å². The fourth-order valence-corrected chi connectivity index (χ4v) is 1.24. The van der Waals surface area contributed by atoms with E-state index in [0.717, 1.165) is 5.56 Å². The maximum Gasteiger partial charge on any atom is 0.417 e. The summed E-state index contributed by atoms with van der Waals surface area (Å²) < 4.78 is 4.84. The summed E-state index contributed by atoms with van der Waals surface area (Å²) in [6.07, 6.45) is 0. The zero-order valence-electron chi connectivity index (χ0n) is 7.57. The predicted octanol–water partition coefficient (Wildman–Crippen LogP) is 0.456. The Morgan fingerprint density at radius 3 is 3.07 bits per heavy atom. The summed E-state index contributed by atoms with van der Waals surface area (Å²) in [4.78, 5) is 17.2. The number of H-pyrrole nitrogens is 1. The minimum Gasteiger partial charge on any atom is -0.408 e. The second-order valence-corrected chi connectivity index (χ2v) is 2.83. The van der Waals surface area contributed by atoms with E-state index >= 15 is 0 Å². The van der Waals surface area contributed by atoms with E-state index < -0.39 is 5.76 Å². The molecule has 1 heterocycles. The first kappa shape index (κ1) is 8.55. The molecule has 2 aromatic rings. The van der Waals surface area contributed by atoms with Crippen LogP contribution in [0.1, 0.15) is 5.56 Å². The molecule has 1 aromatic heterocycles. The van der Waals surface area contributed by atoms with Crippen molar-refractivity contribution in [1.82, 2.24) is 4.98 Å². The zero-order valence-corrected chi connectivity index (χ0v) is 7.57. The van der Waals surface area contributed by atoms with Crippen molar-refractivity contribution in [3.63, 3.8) is 0 Å². The third kappa shape index (κ3) is 1.28. The number of nitrogens with one attached hydrogen (secondary N) is 1. The van der Waals surface area contributed by atoms with Gasteiger partial charge in [-0.3, -0.25) is 9.98 Å². The lowest BCUT2D eigenvalue weighted by Gasteiger charge is -1.97. The van der Waals surface area contributed by atoms with E-state index in [-0.39, 0.29) is 0 Å². The van der Waals surface area contributed by atoms with Gasteiger partial charge in [0.25, 0.3) is 0 Å². The third-order valence-electron chi connectivity index (χ3n) is 1.96. The molecule has 5 nitrogen and oxygen atoms in total. The Kier molecular flexibility index (Phi) is 1.85. The first-order chi connectivity index (χ1) is 6.70. The number of rotatable bonds is 1. The molecular formula is C9H9N3O2. The molecule has 3 N–H and O–H groups in total. The SMILES string of the molecule is CN=C(N)c1ccc2oc(=O)[nH]c2c1. The molecule has 0 saturated carbocycles. The zero-order chi connectivity index (χ0) is 10.1. The van der Waals surface area contributed by atoms with E-state index in [4.69, 9.17) is 10.2 Å². The predicted molar refractivity (Wildman–Crippen MR) is 53.5 cm³/mol. The quantitative estimate of drug-likeness (QED) is 0.507. The molecule has 1 aromatic carbocycles. The number of aliphatic imine (C=N–C) groups is 1. The lowest BCUT2D eigenvalue weighted by molar-refractivity contribution is 0.555. The van der Waals surface area contributed by atoms with Gasteiger partial charge < -0.3 is 10.2 Å². The standard InChI is InChI=1S/C9H9N3O2/c1-11-8(10)5-2-3-7-6(4-5)12-9(13)14-7/h2-4H,1H3,(H2,10,11)(H,12,13). The highest BCUT2D eigenvalue weighted by Gasteiger charge is 2.03. The maximum absolute atomic E-state index is 10.9. The van der Waals surface area contributed by atoms with E-state index in [1.165, 1.54) is 0 Å². The van der Waals surface area contributed by atoms with Crippen LogP contribution in [0.4, 0.5) is 0 Å². The average molecular weight is 191 g/mol. The van der Waals surface area contributed by atoms with Crippen LogP contribution in [0.3, 0.4) is 0 Å². The Morgan fingerprint density at radius 1 is 1.57 bits per heavy atom. The van der Waals surface area contributed by atoms with E-state index in [1.807, 2.05) is 0 Å². The van der Waals surface area contributed by atoms with Crippen molar-refractivity contribution in [2.45, 2.75) is 0 Å². The number of nitrogens with two attached hydrogens (primary N) is 1. The average Bonchev–Trinajstić information content (AvgIpc) is 2.55. The smallest absolute Gasteiger partial charge is 0.408 e. The molecule has 14 heavy (non-hydrogen) atoms. The molecule has 0 unspecified atom stereocenters. The second kappa shape index (κ2) is 3.02. The number of aromatic amines is 1. The highest BCUT2D eigenvalue weighted by atomic mass is 16.4. The van der Waals surface area contributed by atoms with Gasteiger partial charge in [0, 0.05) is 12.6 Å². The van der Waals surface area contributed by atoms with Gasteiger partial charge in [0.1, 0.15) is 5.84 Å². The monoisotopic (exact) mass is 191 g/mol. The van der Waals surface area contributed by atoms with E-state index in [0.29, 0.717) is 16.9 Å². The van der Waals surface area contributed by atoms with Crippen molar-refractivity contribution >= 4 is 16.9 Å². The fraction of sp³-hybridized carbons (Fsp3) is 0.111. The lowest BCUT2D eigenvalue weighted by atomic mass is 10.2. The number of amidine groups is 1. The van der Waals surface area contributed by atoms with Gasteiger partial charge in [0.15, 0.2) is 5.58 Å². The second-order valence-electron chi connectivity index (χ2n) is 2.83. The van der Waals surface area contributed by atoms with E-state index in [2.05, 4.69) is 9.98 Å². The van der Waals surface area contributed by atoms with Crippen LogP contribution in [0.5, 0.6) is 0 Å². The summed E-state index contributed by atoms with van der Waals surface area (Å²) in [6, 6.07) is 5.16. The molecule has 0 amide bonds. The summed E-state index contributed by atoms with van der Waals surface area (Å²) in [7, 11) is 1.61. The van der Waals surface area contributed by atoms with Crippen LogP contribution in [0.15, 0.2) is 32.4 Å². The van der Waals surface area contributed by atoms with Gasteiger partial charge in [-0.15, -0.1) is 0 Å². The van der Waals surface area contributed by atoms with Crippen LogP contribution in [0.25, 0.3) is 11.1 Å². The number of nitrogens with zero attached hydrogens (tertiary/aromatic N) is 1. The van der Waals surface area contributed by atoms with Gasteiger partial charge in [-0.05, 0) is 18.2 Å². The Balaban J connectivity index is 2.67. The van der Waals surface area contributed by atoms with Crippen molar-refractivity contribution in [2.24, 2.45) is 10.7 Å². The third-order valence-corrected chi connectivity index (χ3v) is 1.96. The Hall–Kier alpha value is -2.04. The van der Waals surface area contributed by atoms with Crippen molar-refractivity contribution in [3.8, 4) is 0 Å². The molecule has 0 aliphatic rings. The molecule has 0 aliphatic carbocycles. The first-order valence-electron chi connectivity index (χ1n) is 4.06. The van der Waals surface area contributed by atoms with Crippen molar-refractivity contribution < 1.29 is 4.42 Å². The van der Waals surface area contributed by atoms with Gasteiger partial charge in [0.05, 0.1) is 5.52 Å². The summed E-state index contributed by atoms with van der Waals surface area (Å²) in [5, 5.41) is 0. The molecule has 0 radical (unpaired) electrons. The number of fused-ring (bicyclic) bond motifs is 1. The van der Waals surface area contributed by atoms with Gasteiger partial charge in [-0.2, -0.15) is 0 Å². The van der Waals surface area contributed by atoms with E-state index in [9.17, 15) is 4.79 Å². The Morgan fingerprint density at radius 2 is 2.36 bits per heavy atom. The van der Waals surface area contributed by atoms with E-state index in [1.54, 1.807) is 25.2 Å². The molecule has 0 aliphatic heterocycles. The number of oxazole rings is 1. The first-order valence-corrected chi connectivity index (χ1v) is 4.06. The molecular weight excluding hydrogens is 182 g/mol. The number of hydrogen-bond donors (Lipinski definition) is 2. The Bertz CT molecular complexity index is 550. The molecule has 2 rings (SSSR count). The van der Waals surface area contributed by atoms with Crippen LogP contribution in [-0.2, 0) is 0 Å². The van der Waals surface area contributed by atoms with Crippen molar-refractivity contribution in [1.29, 1.82) is 0 Å². The van der Waals surface area contributed by atoms with Gasteiger partial charge in [-0.1, -0.05) is 0 Å². The summed E-state index contributed by atoms with van der Waals surface area (Å²) in [5.74, 6) is -0.0434. The summed E-state index contributed by atoms with van der Waals surface area (Å²) >= 11 is 0. The largest absolute Gasteiger partial charge is 0.417 e. The highest BCUT2D eigenvalue weighted by Crippen LogP contribution is 2.11. The number of aromatic nitrogens is 1. The summed E-state index contributed by atoms with van der Waals surface area (Å²) in [5.41, 5.74) is 7.52. The topological polar surface area (TPSA) is 84.4 Å². The fourth-order valence-electron chi connectivity index (χ4n) is 1.24. The van der Waals surface area contributed by atoms with Crippen LogP contribution < -0.4 is 11.5 Å². The lowest BCUT2D eigenvalue weighted by Crippen LogP contribution is -2.12. The van der Waals surface area contributed by atoms with Crippen molar-refractivity contribution in [2.75, 3.05) is 7.05 Å². The molecule has 72 valence electrons. The minimum absolute atomic E-state index is 0.425. The normalized spacial score (nSPS) is 12.2. The minimum atomic E-state index is -0.468. The van der Waals surface area contributed by atoms with Crippen LogP contribution in [0, 0.1) is 0 Å². The molecule has 0 fully saturated rings.